The summed E-state index contributed by atoms with van der Waals surface area (Å²) in [5.74, 6) is -1.03. The van der Waals surface area contributed by atoms with Gasteiger partial charge in [-0.1, -0.05) is 39.0 Å². The second kappa shape index (κ2) is 7.00. The molecule has 3 rings (SSSR count). The fourth-order valence-electron chi connectivity index (χ4n) is 2.49. The van der Waals surface area contributed by atoms with Gasteiger partial charge in [0.25, 0.3) is 5.91 Å². The van der Waals surface area contributed by atoms with E-state index >= 15 is 0 Å². The molecule has 6 heteroatoms. The third-order valence-corrected chi connectivity index (χ3v) is 3.94. The Morgan fingerprint density at radius 2 is 1.85 bits per heavy atom. The highest BCUT2D eigenvalue weighted by atomic mass is 16.5. The lowest BCUT2D eigenvalue weighted by atomic mass is 9.87. The first-order chi connectivity index (χ1) is 12.3. The highest BCUT2D eigenvalue weighted by Crippen LogP contribution is 2.23. The summed E-state index contributed by atoms with van der Waals surface area (Å²) in [7, 11) is 0. The molecule has 3 aromatic rings. The van der Waals surface area contributed by atoms with Crippen LogP contribution in [-0.4, -0.2) is 27.9 Å². The highest BCUT2D eigenvalue weighted by molar-refractivity contribution is 5.95. The molecule has 0 saturated heterocycles. The maximum atomic E-state index is 12.0. The molecule has 0 unspecified atom stereocenters. The molecule has 0 atom stereocenters. The molecule has 0 aliphatic heterocycles. The summed E-state index contributed by atoms with van der Waals surface area (Å²) in [6, 6.07) is 13.1. The Hall–Kier alpha value is -3.15. The number of carbonyl (C=O) groups excluding carboxylic acids is 2. The fourth-order valence-corrected chi connectivity index (χ4v) is 2.49. The van der Waals surface area contributed by atoms with Gasteiger partial charge < -0.3 is 14.5 Å². The van der Waals surface area contributed by atoms with E-state index in [2.05, 4.69) is 31.1 Å². The summed E-state index contributed by atoms with van der Waals surface area (Å²) in [4.78, 5) is 28.2. The van der Waals surface area contributed by atoms with Crippen molar-refractivity contribution in [1.82, 2.24) is 9.38 Å². The third-order valence-electron chi connectivity index (χ3n) is 3.94. The Balaban J connectivity index is 1.55. The van der Waals surface area contributed by atoms with Gasteiger partial charge in [0, 0.05) is 18.1 Å². The van der Waals surface area contributed by atoms with Gasteiger partial charge in [0.05, 0.1) is 0 Å². The Labute approximate surface area is 151 Å². The van der Waals surface area contributed by atoms with E-state index in [9.17, 15) is 9.59 Å². The Morgan fingerprint density at radius 3 is 2.50 bits per heavy atom. The van der Waals surface area contributed by atoms with Gasteiger partial charge in [0.1, 0.15) is 5.65 Å². The van der Waals surface area contributed by atoms with Gasteiger partial charge in [-0.05, 0) is 35.2 Å². The molecule has 2 heterocycles. The minimum atomic E-state index is -0.632. The Morgan fingerprint density at radius 1 is 1.12 bits per heavy atom. The molecule has 1 aromatic carbocycles. The second-order valence-corrected chi connectivity index (χ2v) is 7.04. The molecule has 0 aliphatic rings. The molecule has 0 spiro atoms. The van der Waals surface area contributed by atoms with Crippen molar-refractivity contribution in [2.24, 2.45) is 0 Å². The number of benzene rings is 1. The number of imidazole rings is 1. The Kier molecular flexibility index (Phi) is 4.75. The van der Waals surface area contributed by atoms with Crippen LogP contribution in [0.25, 0.3) is 5.65 Å². The summed E-state index contributed by atoms with van der Waals surface area (Å²) < 4.78 is 6.76. The van der Waals surface area contributed by atoms with E-state index in [0.29, 0.717) is 11.3 Å². The molecular formula is C20H21N3O3. The predicted molar refractivity (Wildman–Crippen MR) is 99.2 cm³/mol. The van der Waals surface area contributed by atoms with Gasteiger partial charge in [0.15, 0.2) is 12.3 Å². The minimum Gasteiger partial charge on any atom is -0.451 e. The minimum absolute atomic E-state index is 0.0478. The summed E-state index contributed by atoms with van der Waals surface area (Å²) in [6.07, 6.45) is 3.36. The van der Waals surface area contributed by atoms with E-state index in [0.717, 1.165) is 0 Å². The number of nitrogens with one attached hydrogen (secondary N) is 1. The lowest BCUT2D eigenvalue weighted by Crippen LogP contribution is -2.21. The monoisotopic (exact) mass is 351 g/mol. The van der Waals surface area contributed by atoms with Crippen LogP contribution in [0.15, 0.2) is 54.9 Å². The SMILES string of the molecule is CC(C)(C)c1ccc(NC(=O)COC(=O)c2cn3ccccc3n2)cc1. The maximum absolute atomic E-state index is 12.0. The standard InChI is InChI=1S/C20H21N3O3/c1-20(2,3)14-7-9-15(10-8-14)21-18(24)13-26-19(25)16-12-23-11-5-4-6-17(23)22-16/h4-12H,13H2,1-3H3,(H,21,24). The normalized spacial score (nSPS) is 11.3. The van der Waals surface area contributed by atoms with Gasteiger partial charge in [0.2, 0.25) is 0 Å². The number of nitrogens with zero attached hydrogens (tertiary/aromatic N) is 2. The summed E-state index contributed by atoms with van der Waals surface area (Å²) in [6.45, 7) is 6.01. The van der Waals surface area contributed by atoms with Gasteiger partial charge in [-0.2, -0.15) is 0 Å². The second-order valence-electron chi connectivity index (χ2n) is 7.04. The van der Waals surface area contributed by atoms with Crippen molar-refractivity contribution in [3.63, 3.8) is 0 Å². The molecule has 0 bridgehead atoms. The van der Waals surface area contributed by atoms with Crippen molar-refractivity contribution in [3.8, 4) is 0 Å². The van der Waals surface area contributed by atoms with Crippen LogP contribution in [0.5, 0.6) is 0 Å². The highest BCUT2D eigenvalue weighted by Gasteiger charge is 2.15. The number of esters is 1. The van der Waals surface area contributed by atoms with Crippen LogP contribution in [0.2, 0.25) is 0 Å². The van der Waals surface area contributed by atoms with Crippen molar-refractivity contribution >= 4 is 23.2 Å². The Bertz CT molecular complexity index is 904. The number of hydrogen-bond acceptors (Lipinski definition) is 4. The number of anilines is 1. The van der Waals surface area contributed by atoms with Gasteiger partial charge in [-0.25, -0.2) is 9.78 Å². The van der Waals surface area contributed by atoms with Crippen LogP contribution in [0, 0.1) is 0 Å². The first-order valence-corrected chi connectivity index (χ1v) is 8.34. The molecule has 0 radical (unpaired) electrons. The van der Waals surface area contributed by atoms with Gasteiger partial charge in [-0.3, -0.25) is 4.79 Å². The van der Waals surface area contributed by atoms with Gasteiger partial charge in [-0.15, -0.1) is 0 Å². The molecule has 0 aliphatic carbocycles. The van der Waals surface area contributed by atoms with Crippen molar-refractivity contribution < 1.29 is 14.3 Å². The van der Waals surface area contributed by atoms with Crippen molar-refractivity contribution in [2.75, 3.05) is 11.9 Å². The summed E-state index contributed by atoms with van der Waals surface area (Å²) in [5, 5.41) is 2.71. The van der Waals surface area contributed by atoms with E-state index in [4.69, 9.17) is 4.74 Å². The number of pyridine rings is 1. The van der Waals surface area contributed by atoms with E-state index < -0.39 is 11.9 Å². The van der Waals surface area contributed by atoms with E-state index in [1.807, 2.05) is 36.4 Å². The molecule has 1 amide bonds. The number of fused-ring (bicyclic) bond motifs is 1. The predicted octanol–water partition coefficient (Wildman–Crippen LogP) is 3.43. The smallest absolute Gasteiger partial charge is 0.359 e. The van der Waals surface area contributed by atoms with Gasteiger partial charge >= 0.3 is 5.97 Å². The van der Waals surface area contributed by atoms with Crippen LogP contribution in [-0.2, 0) is 14.9 Å². The van der Waals surface area contributed by atoms with E-state index in [1.165, 1.54) is 5.56 Å². The first kappa shape index (κ1) is 17.7. The molecule has 134 valence electrons. The number of hydrogen-bond donors (Lipinski definition) is 1. The zero-order valence-corrected chi connectivity index (χ0v) is 15.0. The molecule has 6 nitrogen and oxygen atoms in total. The quantitative estimate of drug-likeness (QED) is 0.731. The molecular weight excluding hydrogens is 330 g/mol. The molecule has 1 N–H and O–H groups in total. The lowest BCUT2D eigenvalue weighted by molar-refractivity contribution is -0.119. The summed E-state index contributed by atoms with van der Waals surface area (Å²) in [5.41, 5.74) is 2.69. The zero-order chi connectivity index (χ0) is 18.7. The topological polar surface area (TPSA) is 72.7 Å². The average molecular weight is 351 g/mol. The molecule has 2 aromatic heterocycles. The number of ether oxygens (including phenoxy) is 1. The lowest BCUT2D eigenvalue weighted by Gasteiger charge is -2.19. The molecule has 0 saturated carbocycles. The van der Waals surface area contributed by atoms with Crippen LogP contribution in [0.1, 0.15) is 36.8 Å². The maximum Gasteiger partial charge on any atom is 0.359 e. The largest absolute Gasteiger partial charge is 0.451 e. The number of aromatic nitrogens is 2. The van der Waals surface area contributed by atoms with Crippen LogP contribution >= 0.6 is 0 Å². The zero-order valence-electron chi connectivity index (χ0n) is 15.0. The molecule has 0 fully saturated rings. The third kappa shape index (κ3) is 4.08. The van der Waals surface area contributed by atoms with Crippen molar-refractivity contribution in [2.45, 2.75) is 26.2 Å². The number of amides is 1. The summed E-state index contributed by atoms with van der Waals surface area (Å²) >= 11 is 0. The fraction of sp³-hybridized carbons (Fsp3) is 0.250. The number of rotatable bonds is 4. The van der Waals surface area contributed by atoms with Crippen LogP contribution in [0.3, 0.4) is 0 Å². The average Bonchev–Trinajstić information content (AvgIpc) is 3.03. The first-order valence-electron chi connectivity index (χ1n) is 8.34. The van der Waals surface area contributed by atoms with Crippen LogP contribution in [0.4, 0.5) is 5.69 Å². The van der Waals surface area contributed by atoms with Crippen LogP contribution < -0.4 is 5.32 Å². The van der Waals surface area contributed by atoms with E-state index in [-0.39, 0.29) is 17.7 Å². The van der Waals surface area contributed by atoms with Crippen molar-refractivity contribution in [1.29, 1.82) is 0 Å². The van der Waals surface area contributed by atoms with Crippen molar-refractivity contribution in [3.05, 3.63) is 66.1 Å². The number of carbonyl (C=O) groups is 2. The van der Waals surface area contributed by atoms with E-state index in [1.54, 1.807) is 22.9 Å². The molecule has 26 heavy (non-hydrogen) atoms.